The predicted octanol–water partition coefficient (Wildman–Crippen LogP) is 4.64. The molecule has 3 aliphatic rings. The largest absolute Gasteiger partial charge is 0.487 e. The van der Waals surface area contributed by atoms with Gasteiger partial charge in [-0.2, -0.15) is 10.4 Å². The molecule has 0 amide bonds. The van der Waals surface area contributed by atoms with Crippen molar-refractivity contribution in [2.75, 3.05) is 51.4 Å². The van der Waals surface area contributed by atoms with Crippen LogP contribution in [-0.2, 0) is 16.0 Å². The Kier molecular flexibility index (Phi) is 10.6. The summed E-state index contributed by atoms with van der Waals surface area (Å²) in [6, 6.07) is 8.62. The van der Waals surface area contributed by atoms with Crippen LogP contribution in [0.5, 0.6) is 11.6 Å². The van der Waals surface area contributed by atoms with E-state index < -0.39 is 0 Å². The summed E-state index contributed by atoms with van der Waals surface area (Å²) in [5.74, 6) is 1.84. The van der Waals surface area contributed by atoms with Crippen LogP contribution in [0, 0.1) is 17.2 Å². The molecular formula is C35H44N10O4. The molecular weight excluding hydrogens is 624 g/mol. The van der Waals surface area contributed by atoms with E-state index in [1.165, 1.54) is 6.33 Å². The van der Waals surface area contributed by atoms with Gasteiger partial charge in [-0.05, 0) is 63.1 Å². The van der Waals surface area contributed by atoms with Gasteiger partial charge in [-0.1, -0.05) is 6.07 Å². The lowest BCUT2D eigenvalue weighted by molar-refractivity contribution is 0.00498. The summed E-state index contributed by atoms with van der Waals surface area (Å²) in [7, 11) is 0. The van der Waals surface area contributed by atoms with E-state index in [1.54, 1.807) is 29.5 Å². The van der Waals surface area contributed by atoms with E-state index >= 15 is 0 Å². The molecule has 14 nitrogen and oxygen atoms in total. The minimum absolute atomic E-state index is 0.227. The van der Waals surface area contributed by atoms with Gasteiger partial charge in [0, 0.05) is 49.6 Å². The maximum absolute atomic E-state index is 9.69. The fourth-order valence-electron chi connectivity index (χ4n) is 6.92. The third-order valence-corrected chi connectivity index (χ3v) is 9.58. The van der Waals surface area contributed by atoms with Crippen LogP contribution >= 0.6 is 0 Å². The van der Waals surface area contributed by atoms with E-state index in [-0.39, 0.29) is 6.10 Å². The Morgan fingerprint density at radius 3 is 2.57 bits per heavy atom. The highest BCUT2D eigenvalue weighted by Crippen LogP contribution is 2.35. The highest BCUT2D eigenvalue weighted by molar-refractivity contribution is 5.67. The molecule has 49 heavy (non-hydrogen) atoms. The van der Waals surface area contributed by atoms with Crippen molar-refractivity contribution >= 4 is 11.6 Å². The number of nitriles is 1. The number of nitrogens with zero attached hydrogens (tertiary/aromatic N) is 9. The molecule has 2 aliphatic heterocycles. The molecule has 0 radical (unpaired) electrons. The number of anilines is 2. The van der Waals surface area contributed by atoms with E-state index in [0.717, 1.165) is 88.2 Å². The third kappa shape index (κ3) is 8.36. The summed E-state index contributed by atoms with van der Waals surface area (Å²) >= 11 is 0. The lowest BCUT2D eigenvalue weighted by atomic mass is 9.90. The van der Waals surface area contributed by atoms with Crippen LogP contribution in [0.15, 0.2) is 49.4 Å². The normalized spacial score (nSPS) is 22.2. The minimum Gasteiger partial charge on any atom is -0.487 e. The monoisotopic (exact) mass is 668 g/mol. The van der Waals surface area contributed by atoms with Gasteiger partial charge in [0.1, 0.15) is 36.3 Å². The van der Waals surface area contributed by atoms with Gasteiger partial charge < -0.3 is 24.3 Å². The van der Waals surface area contributed by atoms with Gasteiger partial charge in [0.2, 0.25) is 5.95 Å². The third-order valence-electron chi connectivity index (χ3n) is 9.58. The molecule has 1 N–H and O–H groups in total. The summed E-state index contributed by atoms with van der Waals surface area (Å²) in [6.45, 7) is 8.23. The molecule has 1 aliphatic carbocycles. The first kappa shape index (κ1) is 32.9. The van der Waals surface area contributed by atoms with Gasteiger partial charge in [0.25, 0.3) is 5.88 Å². The molecule has 0 spiro atoms. The van der Waals surface area contributed by atoms with Gasteiger partial charge >= 0.3 is 0 Å². The van der Waals surface area contributed by atoms with Crippen molar-refractivity contribution in [2.45, 2.75) is 70.2 Å². The van der Waals surface area contributed by atoms with Gasteiger partial charge in [-0.15, -0.1) is 5.10 Å². The molecule has 258 valence electrons. The molecule has 1 unspecified atom stereocenters. The number of morpholine rings is 1. The fourth-order valence-corrected chi connectivity index (χ4v) is 6.92. The second-order valence-electron chi connectivity index (χ2n) is 13.1. The number of benzene rings is 1. The van der Waals surface area contributed by atoms with Crippen molar-refractivity contribution in [3.63, 3.8) is 0 Å². The summed E-state index contributed by atoms with van der Waals surface area (Å²) in [5.41, 5.74) is 2.83. The molecule has 2 saturated heterocycles. The maximum atomic E-state index is 9.69. The average molecular weight is 669 g/mol. The molecule has 3 fully saturated rings. The summed E-state index contributed by atoms with van der Waals surface area (Å²) < 4.78 is 27.5. The highest BCUT2D eigenvalue weighted by Gasteiger charge is 2.29. The second kappa shape index (κ2) is 15.8. The number of aromatic nitrogens is 7. The van der Waals surface area contributed by atoms with E-state index in [9.17, 15) is 5.26 Å². The van der Waals surface area contributed by atoms with Crippen LogP contribution in [0.25, 0.3) is 11.1 Å². The van der Waals surface area contributed by atoms with Crippen LogP contribution < -0.4 is 14.8 Å². The van der Waals surface area contributed by atoms with E-state index in [1.807, 2.05) is 25.3 Å². The standard InChI is InChI=1S/C35H44N10O4/c1-25(19-44-24-37-23-40-44)49-33-15-27(4-5-28(33)16-36)29-17-38-35(39-18-29)41-32-20-45(42-34(32)48-22-26-3-2-12-47-21-26)31-8-6-30(7-9-31)43-10-13-46-14-11-43/h4-5,15,17-18,20,23-26,30-31H,2-3,6-14,19,21-22H2,1H3,(H,38,39,41)/t25-,26?,30?,31?/m0/s1. The highest BCUT2D eigenvalue weighted by atomic mass is 16.5. The Morgan fingerprint density at radius 1 is 1.02 bits per heavy atom. The zero-order valence-corrected chi connectivity index (χ0v) is 28.0. The smallest absolute Gasteiger partial charge is 0.256 e. The first-order valence-corrected chi connectivity index (χ1v) is 17.4. The number of ether oxygens (including phenoxy) is 4. The summed E-state index contributed by atoms with van der Waals surface area (Å²) in [4.78, 5) is 15.8. The summed E-state index contributed by atoms with van der Waals surface area (Å²) in [6.07, 6.45) is 15.0. The van der Waals surface area contributed by atoms with Gasteiger partial charge in [0.05, 0.1) is 50.8 Å². The molecule has 1 aromatic carbocycles. The SMILES string of the molecule is C[C@@H](Cn1cncn1)Oc1cc(-c2cnc(Nc3cn(C4CCC(N5CCOCC5)CC4)nc3OCC3CCCOC3)nc2)ccc1C#N. The second-order valence-corrected chi connectivity index (χ2v) is 13.1. The van der Waals surface area contributed by atoms with Crippen molar-refractivity contribution in [3.8, 4) is 28.8 Å². The molecule has 4 aromatic rings. The fraction of sp³-hybridized carbons (Fsp3) is 0.543. The zero-order valence-electron chi connectivity index (χ0n) is 28.0. The Balaban J connectivity index is 1.04. The van der Waals surface area contributed by atoms with Crippen molar-refractivity contribution in [3.05, 3.63) is 55.0 Å². The topological polar surface area (TPSA) is 150 Å². The summed E-state index contributed by atoms with van der Waals surface area (Å²) in [5, 5.41) is 22.1. The molecule has 3 aromatic heterocycles. The first-order valence-electron chi connectivity index (χ1n) is 17.4. The number of nitrogens with one attached hydrogen (secondary N) is 1. The minimum atomic E-state index is -0.227. The number of hydrogen-bond donors (Lipinski definition) is 1. The average Bonchev–Trinajstić information content (AvgIpc) is 3.82. The molecule has 1 saturated carbocycles. The lowest BCUT2D eigenvalue weighted by Gasteiger charge is -2.38. The number of hydrogen-bond acceptors (Lipinski definition) is 12. The van der Waals surface area contributed by atoms with Gasteiger partial charge in [0.15, 0.2) is 0 Å². The Bertz CT molecular complexity index is 1670. The van der Waals surface area contributed by atoms with Gasteiger partial charge in [-0.25, -0.2) is 19.6 Å². The van der Waals surface area contributed by atoms with E-state index in [4.69, 9.17) is 24.0 Å². The van der Waals surface area contributed by atoms with E-state index in [2.05, 4.69) is 41.0 Å². The first-order chi connectivity index (χ1) is 24.1. The predicted molar refractivity (Wildman–Crippen MR) is 181 cm³/mol. The van der Waals surface area contributed by atoms with E-state index in [0.29, 0.717) is 60.9 Å². The molecule has 14 heteroatoms. The lowest BCUT2D eigenvalue weighted by Crippen LogP contribution is -2.45. The quantitative estimate of drug-likeness (QED) is 0.224. The zero-order chi connectivity index (χ0) is 33.4. The van der Waals surface area contributed by atoms with Crippen LogP contribution in [-0.4, -0.2) is 97.7 Å². The Labute approximate surface area is 286 Å². The molecule has 7 rings (SSSR count). The molecule has 5 heterocycles. The molecule has 0 bridgehead atoms. The van der Waals surface area contributed by atoms with Crippen molar-refractivity contribution in [1.82, 2.24) is 39.4 Å². The van der Waals surface area contributed by atoms with Crippen molar-refractivity contribution in [1.29, 1.82) is 5.26 Å². The maximum Gasteiger partial charge on any atom is 0.256 e. The number of rotatable bonds is 12. The van der Waals surface area contributed by atoms with Crippen molar-refractivity contribution < 1.29 is 18.9 Å². The molecule has 2 atom stereocenters. The van der Waals surface area contributed by atoms with Crippen LogP contribution in [0.3, 0.4) is 0 Å². The van der Waals surface area contributed by atoms with Crippen LogP contribution in [0.2, 0.25) is 0 Å². The van der Waals surface area contributed by atoms with Crippen LogP contribution in [0.1, 0.15) is 57.1 Å². The van der Waals surface area contributed by atoms with Gasteiger partial charge in [-0.3, -0.25) is 9.58 Å². The van der Waals surface area contributed by atoms with Crippen molar-refractivity contribution in [2.24, 2.45) is 5.92 Å². The Hall–Kier alpha value is -4.58. The van der Waals surface area contributed by atoms with Crippen LogP contribution in [0.4, 0.5) is 11.6 Å². The Morgan fingerprint density at radius 2 is 1.84 bits per heavy atom.